The summed E-state index contributed by atoms with van der Waals surface area (Å²) in [5.74, 6) is 1.66. The molecule has 6 heteroatoms. The number of hydrogen-bond donors (Lipinski definition) is 0. The first-order valence-electron chi connectivity index (χ1n) is 21.8. The van der Waals surface area contributed by atoms with Gasteiger partial charge in [-0.25, -0.2) is 15.0 Å². The number of fused-ring (bicyclic) bond motifs is 12. The summed E-state index contributed by atoms with van der Waals surface area (Å²) in [6.07, 6.45) is 0. The van der Waals surface area contributed by atoms with Crippen LogP contribution in [0.5, 0.6) is 0 Å². The van der Waals surface area contributed by atoms with Gasteiger partial charge in [-0.15, -0.1) is 0 Å². The Hall–Kier alpha value is -8.87. The van der Waals surface area contributed by atoms with Gasteiger partial charge in [-0.2, -0.15) is 0 Å². The van der Waals surface area contributed by atoms with Gasteiger partial charge in [-0.1, -0.05) is 146 Å². The SMILES string of the molecule is c1ccc(-c2ccc3cc4c(cc3c2)c2ccc3ccccc3c2n4-c2ccc(-c3nc(-c4ccccc4)nc(-c4ccc5oc6ccccc6c5c4)n3)c3oc4ccccc4c23)cc1. The van der Waals surface area contributed by atoms with E-state index in [1.165, 1.54) is 43.4 Å². The van der Waals surface area contributed by atoms with Crippen LogP contribution in [0.3, 0.4) is 0 Å². The van der Waals surface area contributed by atoms with Crippen molar-refractivity contribution in [2.24, 2.45) is 0 Å². The summed E-state index contributed by atoms with van der Waals surface area (Å²) in [5.41, 5.74) is 11.4. The highest BCUT2D eigenvalue weighted by Crippen LogP contribution is 2.45. The van der Waals surface area contributed by atoms with Crippen LogP contribution >= 0.6 is 0 Å². The Morgan fingerprint density at radius 1 is 0.338 bits per heavy atom. The fourth-order valence-electron chi connectivity index (χ4n) is 9.96. The lowest BCUT2D eigenvalue weighted by Gasteiger charge is -2.14. The first-order chi connectivity index (χ1) is 32.2. The summed E-state index contributed by atoms with van der Waals surface area (Å²) in [7, 11) is 0. The molecule has 0 N–H and O–H groups in total. The van der Waals surface area contributed by atoms with Crippen LogP contribution in [0.4, 0.5) is 0 Å². The summed E-state index contributed by atoms with van der Waals surface area (Å²) >= 11 is 0. The predicted molar refractivity (Wildman–Crippen MR) is 265 cm³/mol. The fourth-order valence-corrected chi connectivity index (χ4v) is 9.96. The summed E-state index contributed by atoms with van der Waals surface area (Å²) in [6.45, 7) is 0. The van der Waals surface area contributed by atoms with Gasteiger partial charge in [-0.05, 0) is 87.9 Å². The third-order valence-electron chi connectivity index (χ3n) is 13.0. The minimum Gasteiger partial charge on any atom is -0.456 e. The molecule has 0 unspecified atom stereocenters. The summed E-state index contributed by atoms with van der Waals surface area (Å²) in [6, 6.07) is 72.3. The van der Waals surface area contributed by atoms with E-state index in [0.717, 1.165) is 71.7 Å². The van der Waals surface area contributed by atoms with Crippen LogP contribution in [0.15, 0.2) is 215 Å². The Labute approximate surface area is 371 Å². The second-order valence-electron chi connectivity index (χ2n) is 16.7. The van der Waals surface area contributed by atoms with E-state index in [9.17, 15) is 0 Å². The molecule has 0 amide bonds. The van der Waals surface area contributed by atoms with Gasteiger partial charge in [0.15, 0.2) is 17.5 Å². The van der Waals surface area contributed by atoms with Gasteiger partial charge in [0.25, 0.3) is 0 Å². The van der Waals surface area contributed by atoms with Gasteiger partial charge >= 0.3 is 0 Å². The number of furan rings is 2. The average Bonchev–Trinajstić information content (AvgIpc) is 4.05. The van der Waals surface area contributed by atoms with Gasteiger partial charge in [0.1, 0.15) is 22.3 Å². The first-order valence-corrected chi connectivity index (χ1v) is 21.8. The second-order valence-corrected chi connectivity index (χ2v) is 16.7. The minimum atomic E-state index is 0.523. The normalized spacial score (nSPS) is 12.0. The first kappa shape index (κ1) is 35.7. The highest BCUT2D eigenvalue weighted by Gasteiger charge is 2.24. The van der Waals surface area contributed by atoms with Gasteiger partial charge in [-0.3, -0.25) is 0 Å². The van der Waals surface area contributed by atoms with Gasteiger partial charge < -0.3 is 13.4 Å². The lowest BCUT2D eigenvalue weighted by Crippen LogP contribution is -2.01. The quantitative estimate of drug-likeness (QED) is 0.173. The molecular formula is C59H34N4O2. The third-order valence-corrected chi connectivity index (χ3v) is 13.0. The highest BCUT2D eigenvalue weighted by atomic mass is 16.3. The summed E-state index contributed by atoms with van der Waals surface area (Å²) in [5, 5.41) is 11.1. The third kappa shape index (κ3) is 5.51. The van der Waals surface area contributed by atoms with E-state index in [1.807, 2.05) is 72.8 Å². The molecule has 0 radical (unpaired) electrons. The molecule has 0 aliphatic heterocycles. The largest absolute Gasteiger partial charge is 0.456 e. The maximum atomic E-state index is 6.97. The Bertz CT molecular complexity index is 4240. The number of para-hydroxylation sites is 2. The zero-order chi connectivity index (χ0) is 42.6. The van der Waals surface area contributed by atoms with Crippen LogP contribution in [-0.2, 0) is 0 Å². The Kier molecular flexibility index (Phi) is 7.59. The number of hydrogen-bond acceptors (Lipinski definition) is 5. The molecule has 0 bridgehead atoms. The minimum absolute atomic E-state index is 0.523. The van der Waals surface area contributed by atoms with Crippen molar-refractivity contribution in [2.75, 3.05) is 0 Å². The number of rotatable bonds is 5. The molecule has 0 fully saturated rings. The smallest absolute Gasteiger partial charge is 0.167 e. The van der Waals surface area contributed by atoms with Crippen LogP contribution in [0.25, 0.3) is 138 Å². The van der Waals surface area contributed by atoms with Crippen LogP contribution in [0, 0.1) is 0 Å². The van der Waals surface area contributed by atoms with Crippen molar-refractivity contribution in [2.45, 2.75) is 0 Å². The maximum Gasteiger partial charge on any atom is 0.167 e. The van der Waals surface area contributed by atoms with Crippen molar-refractivity contribution in [3.8, 4) is 51.0 Å². The van der Waals surface area contributed by atoms with E-state index in [1.54, 1.807) is 0 Å². The van der Waals surface area contributed by atoms with Crippen molar-refractivity contribution >= 4 is 87.2 Å². The molecule has 302 valence electrons. The lowest BCUT2D eigenvalue weighted by atomic mass is 9.99. The molecule has 14 rings (SSSR count). The average molecular weight is 831 g/mol. The summed E-state index contributed by atoms with van der Waals surface area (Å²) in [4.78, 5) is 15.6. The standard InChI is InChI=1S/C59H34N4O2/c1-3-13-35(14-4-1)38-23-24-39-34-50-47(33-41(39)31-38)44-27-25-36-15-7-8-18-42(36)55(44)63(50)49-29-28-46(56-54(49)45-20-10-12-22-52(45)65-56)59-61-57(37-16-5-2-6-17-37)60-58(62-59)40-26-30-53-48(32-40)43-19-9-11-21-51(43)64-53/h1-34H. The zero-order valence-electron chi connectivity index (χ0n) is 34.7. The van der Waals surface area contributed by atoms with Crippen molar-refractivity contribution in [1.82, 2.24) is 19.5 Å². The van der Waals surface area contributed by atoms with Crippen molar-refractivity contribution in [3.05, 3.63) is 206 Å². The molecule has 0 aliphatic rings. The van der Waals surface area contributed by atoms with Gasteiger partial charge in [0, 0.05) is 43.4 Å². The number of nitrogens with zero attached hydrogens (tertiary/aromatic N) is 4. The molecule has 0 spiro atoms. The fraction of sp³-hybridized carbons (Fsp3) is 0. The van der Waals surface area contributed by atoms with E-state index in [4.69, 9.17) is 23.8 Å². The van der Waals surface area contributed by atoms with E-state index in [2.05, 4.69) is 138 Å². The van der Waals surface area contributed by atoms with Gasteiger partial charge in [0.05, 0.1) is 27.7 Å². The van der Waals surface area contributed by atoms with Crippen LogP contribution in [0.1, 0.15) is 0 Å². The molecule has 0 saturated heterocycles. The maximum absolute atomic E-state index is 6.97. The van der Waals surface area contributed by atoms with Crippen LogP contribution < -0.4 is 0 Å². The molecule has 65 heavy (non-hydrogen) atoms. The topological polar surface area (TPSA) is 69.9 Å². The van der Waals surface area contributed by atoms with Gasteiger partial charge in [0.2, 0.25) is 0 Å². The van der Waals surface area contributed by atoms with E-state index >= 15 is 0 Å². The molecular weight excluding hydrogens is 797 g/mol. The number of aromatic nitrogens is 4. The predicted octanol–water partition coefficient (Wildman–Crippen LogP) is 15.7. The van der Waals surface area contributed by atoms with E-state index in [0.29, 0.717) is 23.1 Å². The molecule has 0 atom stereocenters. The monoisotopic (exact) mass is 830 g/mol. The zero-order valence-corrected chi connectivity index (χ0v) is 34.7. The van der Waals surface area contributed by atoms with Crippen LogP contribution in [0.2, 0.25) is 0 Å². The van der Waals surface area contributed by atoms with Crippen LogP contribution in [-0.4, -0.2) is 19.5 Å². The molecule has 4 aromatic heterocycles. The van der Waals surface area contributed by atoms with Crippen molar-refractivity contribution < 1.29 is 8.83 Å². The second kappa shape index (κ2) is 13.8. The summed E-state index contributed by atoms with van der Waals surface area (Å²) < 4.78 is 15.6. The number of benzene rings is 10. The Balaban J connectivity index is 1.04. The van der Waals surface area contributed by atoms with Crippen molar-refractivity contribution in [3.63, 3.8) is 0 Å². The molecule has 0 aliphatic carbocycles. The molecule has 0 saturated carbocycles. The molecule has 4 heterocycles. The highest BCUT2D eigenvalue weighted by molar-refractivity contribution is 6.23. The Morgan fingerprint density at radius 2 is 0.985 bits per heavy atom. The molecule has 10 aromatic carbocycles. The lowest BCUT2D eigenvalue weighted by molar-refractivity contribution is 0.669. The molecule has 14 aromatic rings. The van der Waals surface area contributed by atoms with E-state index < -0.39 is 0 Å². The molecule has 6 nitrogen and oxygen atoms in total. The van der Waals surface area contributed by atoms with E-state index in [-0.39, 0.29) is 0 Å². The Morgan fingerprint density at radius 3 is 1.82 bits per heavy atom. The van der Waals surface area contributed by atoms with Crippen molar-refractivity contribution in [1.29, 1.82) is 0 Å².